The van der Waals surface area contributed by atoms with E-state index >= 15 is 0 Å². The van der Waals surface area contributed by atoms with E-state index in [2.05, 4.69) is 21.2 Å². The first-order valence-electron chi connectivity index (χ1n) is 6.62. The van der Waals surface area contributed by atoms with Gasteiger partial charge >= 0.3 is 6.03 Å². The fraction of sp³-hybridized carbons (Fsp3) is 0.429. The minimum atomic E-state index is -0.377. The Bertz CT molecular complexity index is 507. The Hall–Kier alpha value is -1.56. The van der Waals surface area contributed by atoms with Gasteiger partial charge < -0.3 is 10.1 Å². The zero-order valence-electron chi connectivity index (χ0n) is 11.3. The van der Waals surface area contributed by atoms with Crippen LogP contribution in [-0.2, 0) is 4.79 Å². The molecule has 20 heavy (non-hydrogen) atoms. The van der Waals surface area contributed by atoms with Crippen molar-refractivity contribution in [2.45, 2.75) is 25.8 Å². The zero-order valence-corrected chi connectivity index (χ0v) is 12.9. The maximum absolute atomic E-state index is 12.0. The number of nitrogens with one attached hydrogen (secondary N) is 1. The number of amides is 3. The smallest absolute Gasteiger partial charge is 0.324 e. The highest BCUT2D eigenvalue weighted by molar-refractivity contribution is 9.10. The first kappa shape index (κ1) is 14.8. The number of halogens is 1. The zero-order chi connectivity index (χ0) is 14.5. The molecule has 0 aliphatic carbocycles. The van der Waals surface area contributed by atoms with E-state index < -0.39 is 0 Å². The van der Waals surface area contributed by atoms with Crippen molar-refractivity contribution in [3.05, 3.63) is 28.7 Å². The number of hydrogen-bond acceptors (Lipinski definition) is 3. The van der Waals surface area contributed by atoms with Crippen molar-refractivity contribution in [3.8, 4) is 5.75 Å². The lowest BCUT2D eigenvalue weighted by Gasteiger charge is -2.13. The van der Waals surface area contributed by atoms with Crippen LogP contribution in [0.5, 0.6) is 5.75 Å². The van der Waals surface area contributed by atoms with Gasteiger partial charge in [0.15, 0.2) is 0 Å². The SMILES string of the molecule is CCC[C@H]1NC(=O)N(CCOc2cccc(Br)c2)C1=O. The normalized spacial score (nSPS) is 18.3. The van der Waals surface area contributed by atoms with Gasteiger partial charge in [-0.3, -0.25) is 9.69 Å². The van der Waals surface area contributed by atoms with Crippen molar-refractivity contribution in [3.63, 3.8) is 0 Å². The van der Waals surface area contributed by atoms with Crippen LogP contribution in [0.15, 0.2) is 28.7 Å². The van der Waals surface area contributed by atoms with Gasteiger partial charge in [0.25, 0.3) is 5.91 Å². The molecule has 0 spiro atoms. The highest BCUT2D eigenvalue weighted by Gasteiger charge is 2.36. The molecule has 1 atom stereocenters. The molecule has 0 saturated carbocycles. The molecule has 1 aromatic rings. The van der Waals surface area contributed by atoms with E-state index in [-0.39, 0.29) is 31.1 Å². The molecule has 1 fully saturated rings. The maximum Gasteiger partial charge on any atom is 0.324 e. The van der Waals surface area contributed by atoms with E-state index in [9.17, 15) is 9.59 Å². The average molecular weight is 341 g/mol. The molecule has 108 valence electrons. The second kappa shape index (κ2) is 6.74. The summed E-state index contributed by atoms with van der Waals surface area (Å²) in [5.41, 5.74) is 0. The largest absolute Gasteiger partial charge is 0.492 e. The summed E-state index contributed by atoms with van der Waals surface area (Å²) in [5.74, 6) is 0.547. The van der Waals surface area contributed by atoms with Crippen LogP contribution in [-0.4, -0.2) is 36.0 Å². The molecule has 0 aromatic heterocycles. The molecule has 0 unspecified atom stereocenters. The number of ether oxygens (including phenoxy) is 1. The molecule has 1 aliphatic heterocycles. The number of hydrogen-bond donors (Lipinski definition) is 1. The lowest BCUT2D eigenvalue weighted by atomic mass is 10.2. The molecule has 5 nitrogen and oxygen atoms in total. The lowest BCUT2D eigenvalue weighted by molar-refractivity contribution is -0.127. The summed E-state index contributed by atoms with van der Waals surface area (Å²) in [5, 5.41) is 2.69. The van der Waals surface area contributed by atoms with Crippen LogP contribution in [0.3, 0.4) is 0 Å². The predicted octanol–water partition coefficient (Wildman–Crippen LogP) is 2.55. The van der Waals surface area contributed by atoms with Gasteiger partial charge in [-0.15, -0.1) is 0 Å². The second-order valence-corrected chi connectivity index (χ2v) is 5.50. The minimum absolute atomic E-state index is 0.158. The fourth-order valence-electron chi connectivity index (χ4n) is 2.08. The number of rotatable bonds is 6. The molecule has 0 radical (unpaired) electrons. The summed E-state index contributed by atoms with van der Waals surface area (Å²) in [4.78, 5) is 24.9. The van der Waals surface area contributed by atoms with Crippen molar-refractivity contribution in [2.24, 2.45) is 0 Å². The van der Waals surface area contributed by atoms with Gasteiger partial charge in [-0.1, -0.05) is 35.3 Å². The molecule has 2 rings (SSSR count). The number of benzene rings is 1. The number of urea groups is 1. The maximum atomic E-state index is 12.0. The Morgan fingerprint density at radius 3 is 2.90 bits per heavy atom. The van der Waals surface area contributed by atoms with Crippen molar-refractivity contribution in [1.29, 1.82) is 0 Å². The first-order valence-corrected chi connectivity index (χ1v) is 7.41. The van der Waals surface area contributed by atoms with Gasteiger partial charge in [-0.2, -0.15) is 0 Å². The van der Waals surface area contributed by atoms with Crippen molar-refractivity contribution < 1.29 is 14.3 Å². The van der Waals surface area contributed by atoms with E-state index in [1.807, 2.05) is 31.2 Å². The van der Waals surface area contributed by atoms with Gasteiger partial charge in [-0.25, -0.2) is 4.79 Å². The van der Waals surface area contributed by atoms with Crippen LogP contribution >= 0.6 is 15.9 Å². The van der Waals surface area contributed by atoms with Gasteiger partial charge in [0.2, 0.25) is 0 Å². The number of carbonyl (C=O) groups excluding carboxylic acids is 2. The molecule has 1 aromatic carbocycles. The van der Waals surface area contributed by atoms with Crippen LogP contribution in [0.4, 0.5) is 4.79 Å². The molecule has 1 heterocycles. The van der Waals surface area contributed by atoms with Crippen LogP contribution in [0, 0.1) is 0 Å². The predicted molar refractivity (Wildman–Crippen MR) is 78.6 cm³/mol. The van der Waals surface area contributed by atoms with Gasteiger partial charge in [-0.05, 0) is 24.6 Å². The molecule has 0 bridgehead atoms. The number of nitrogens with zero attached hydrogens (tertiary/aromatic N) is 1. The van der Waals surface area contributed by atoms with Crippen LogP contribution < -0.4 is 10.1 Å². The van der Waals surface area contributed by atoms with Crippen LogP contribution in [0.25, 0.3) is 0 Å². The Morgan fingerprint density at radius 1 is 1.40 bits per heavy atom. The summed E-state index contributed by atoms with van der Waals surface area (Å²) in [6.07, 6.45) is 1.53. The summed E-state index contributed by atoms with van der Waals surface area (Å²) < 4.78 is 6.46. The molecular formula is C14H17BrN2O3. The van der Waals surface area contributed by atoms with E-state index in [0.29, 0.717) is 12.2 Å². The first-order chi connectivity index (χ1) is 9.61. The van der Waals surface area contributed by atoms with Crippen LogP contribution in [0.1, 0.15) is 19.8 Å². The summed E-state index contributed by atoms with van der Waals surface area (Å²) in [6, 6.07) is 6.73. The standard InChI is InChI=1S/C14H17BrN2O3/c1-2-4-12-13(18)17(14(19)16-12)7-8-20-11-6-3-5-10(15)9-11/h3,5-6,9,12H,2,4,7-8H2,1H3,(H,16,19)/t12-/m1/s1. The quantitative estimate of drug-likeness (QED) is 0.809. The van der Waals surface area contributed by atoms with E-state index in [1.165, 1.54) is 4.90 Å². The highest BCUT2D eigenvalue weighted by Crippen LogP contribution is 2.18. The average Bonchev–Trinajstić information content (AvgIpc) is 2.67. The van der Waals surface area contributed by atoms with Gasteiger partial charge in [0.05, 0.1) is 6.54 Å². The van der Waals surface area contributed by atoms with E-state index in [0.717, 1.165) is 10.9 Å². The Kier molecular flexibility index (Phi) is 5.00. The minimum Gasteiger partial charge on any atom is -0.492 e. The van der Waals surface area contributed by atoms with Gasteiger partial charge in [0, 0.05) is 4.47 Å². The van der Waals surface area contributed by atoms with E-state index in [1.54, 1.807) is 0 Å². The number of carbonyl (C=O) groups is 2. The van der Waals surface area contributed by atoms with Crippen molar-refractivity contribution in [2.75, 3.05) is 13.2 Å². The van der Waals surface area contributed by atoms with Crippen molar-refractivity contribution >= 4 is 27.9 Å². The topological polar surface area (TPSA) is 58.6 Å². The van der Waals surface area contributed by atoms with Gasteiger partial charge in [0.1, 0.15) is 18.4 Å². The Labute approximate surface area is 126 Å². The Morgan fingerprint density at radius 2 is 2.20 bits per heavy atom. The third kappa shape index (κ3) is 3.50. The van der Waals surface area contributed by atoms with Crippen molar-refractivity contribution in [1.82, 2.24) is 10.2 Å². The second-order valence-electron chi connectivity index (χ2n) is 4.59. The van der Waals surface area contributed by atoms with Crippen LogP contribution in [0.2, 0.25) is 0 Å². The summed E-state index contributed by atoms with van der Waals surface area (Å²) >= 11 is 3.36. The molecule has 1 aliphatic rings. The molecule has 1 N–H and O–H groups in total. The third-order valence-electron chi connectivity index (χ3n) is 3.06. The monoisotopic (exact) mass is 340 g/mol. The third-order valence-corrected chi connectivity index (χ3v) is 3.56. The lowest BCUT2D eigenvalue weighted by Crippen LogP contribution is -2.35. The molecule has 3 amide bonds. The molecule has 1 saturated heterocycles. The van der Waals surface area contributed by atoms with E-state index in [4.69, 9.17) is 4.74 Å². The summed E-state index contributed by atoms with van der Waals surface area (Å²) in [6.45, 7) is 2.53. The Balaban J connectivity index is 1.85. The fourth-order valence-corrected chi connectivity index (χ4v) is 2.46. The number of imide groups is 1. The molecular weight excluding hydrogens is 324 g/mol. The highest BCUT2D eigenvalue weighted by atomic mass is 79.9. The summed E-state index contributed by atoms with van der Waals surface area (Å²) in [7, 11) is 0. The molecule has 6 heteroatoms.